The zero-order chi connectivity index (χ0) is 11.3. The number of hydrogen-bond acceptors (Lipinski definition) is 1. The lowest BCUT2D eigenvalue weighted by Crippen LogP contribution is -2.27. The highest BCUT2D eigenvalue weighted by atomic mass is 14.9. The normalized spacial score (nSPS) is 11.9. The largest absolute Gasteiger partial charge is 0.379 e. The second-order valence-electron chi connectivity index (χ2n) is 3.80. The van der Waals surface area contributed by atoms with Crippen molar-refractivity contribution in [2.24, 2.45) is 0 Å². The number of nitrogens with one attached hydrogen (secondary N) is 1. The molecule has 1 heteroatoms. The molecule has 1 aromatic rings. The highest BCUT2D eigenvalue weighted by Gasteiger charge is 2.07. The van der Waals surface area contributed by atoms with Crippen LogP contribution < -0.4 is 5.32 Å². The quantitative estimate of drug-likeness (QED) is 0.718. The fourth-order valence-electron chi connectivity index (χ4n) is 1.51. The Morgan fingerprint density at radius 1 is 1.27 bits per heavy atom. The first-order chi connectivity index (χ1) is 7.15. The van der Waals surface area contributed by atoms with Gasteiger partial charge in [0.05, 0.1) is 0 Å². The van der Waals surface area contributed by atoms with Gasteiger partial charge >= 0.3 is 0 Å². The molecule has 15 heavy (non-hydrogen) atoms. The number of rotatable bonds is 5. The molecule has 0 aliphatic carbocycles. The van der Waals surface area contributed by atoms with Gasteiger partial charge in [0.2, 0.25) is 0 Å². The van der Waals surface area contributed by atoms with Crippen molar-refractivity contribution in [1.82, 2.24) is 5.32 Å². The van der Waals surface area contributed by atoms with Gasteiger partial charge in [-0.3, -0.25) is 0 Å². The van der Waals surface area contributed by atoms with Crippen LogP contribution in [0.5, 0.6) is 0 Å². The molecule has 0 aliphatic rings. The summed E-state index contributed by atoms with van der Waals surface area (Å²) in [4.78, 5) is 0. The molecule has 1 rings (SSSR count). The van der Waals surface area contributed by atoms with Crippen LogP contribution >= 0.6 is 0 Å². The van der Waals surface area contributed by atoms with E-state index < -0.39 is 0 Å². The van der Waals surface area contributed by atoms with Gasteiger partial charge in [0, 0.05) is 11.7 Å². The van der Waals surface area contributed by atoms with Gasteiger partial charge < -0.3 is 5.32 Å². The lowest BCUT2D eigenvalue weighted by molar-refractivity contribution is 0.657. The molecule has 0 spiro atoms. The molecule has 0 bridgehead atoms. The Morgan fingerprint density at radius 3 is 2.33 bits per heavy atom. The van der Waals surface area contributed by atoms with Crippen LogP contribution in [0.1, 0.15) is 25.8 Å². The predicted octanol–water partition coefficient (Wildman–Crippen LogP) is 3.60. The van der Waals surface area contributed by atoms with Crippen LogP contribution in [0.3, 0.4) is 0 Å². The zero-order valence-corrected chi connectivity index (χ0v) is 9.59. The van der Waals surface area contributed by atoms with Crippen LogP contribution in [0.15, 0.2) is 49.1 Å². The molecule has 0 aromatic heterocycles. The maximum Gasteiger partial charge on any atom is 0.0465 e. The van der Waals surface area contributed by atoms with E-state index in [-0.39, 0.29) is 0 Å². The fourth-order valence-corrected chi connectivity index (χ4v) is 1.51. The Bertz CT molecular complexity index is 338. The maximum atomic E-state index is 4.04. The maximum absolute atomic E-state index is 4.04. The molecule has 80 valence electrons. The summed E-state index contributed by atoms with van der Waals surface area (Å²) < 4.78 is 0. The van der Waals surface area contributed by atoms with Crippen molar-refractivity contribution in [2.75, 3.05) is 0 Å². The van der Waals surface area contributed by atoms with Crippen LogP contribution in [0.4, 0.5) is 0 Å². The summed E-state index contributed by atoms with van der Waals surface area (Å²) in [7, 11) is 0. The van der Waals surface area contributed by atoms with Crippen LogP contribution in [-0.2, 0) is 0 Å². The second-order valence-corrected chi connectivity index (χ2v) is 3.80. The third-order valence-electron chi connectivity index (χ3n) is 2.47. The molecule has 1 aromatic carbocycles. The number of benzene rings is 1. The topological polar surface area (TPSA) is 12.0 Å². The van der Waals surface area contributed by atoms with Crippen molar-refractivity contribution in [1.29, 1.82) is 0 Å². The minimum atomic E-state index is 0.317. The van der Waals surface area contributed by atoms with Crippen molar-refractivity contribution in [2.45, 2.75) is 26.3 Å². The van der Waals surface area contributed by atoms with Gasteiger partial charge in [0.1, 0.15) is 0 Å². The molecule has 1 nitrogen and oxygen atoms in total. The smallest absolute Gasteiger partial charge is 0.0465 e. The van der Waals surface area contributed by atoms with Crippen LogP contribution in [0.25, 0.3) is 5.70 Å². The van der Waals surface area contributed by atoms with Gasteiger partial charge in [-0.2, -0.15) is 0 Å². The molecular formula is C14H19N. The van der Waals surface area contributed by atoms with E-state index in [1.165, 1.54) is 0 Å². The SMILES string of the molecule is C=C(NC(CC)C(=C)C)c1ccccc1. The average Bonchev–Trinajstić information content (AvgIpc) is 2.26. The summed E-state index contributed by atoms with van der Waals surface area (Å²) in [5, 5.41) is 3.39. The summed E-state index contributed by atoms with van der Waals surface area (Å²) >= 11 is 0. The van der Waals surface area contributed by atoms with Crippen molar-refractivity contribution in [3.63, 3.8) is 0 Å². The lowest BCUT2D eigenvalue weighted by atomic mass is 10.1. The van der Waals surface area contributed by atoms with Crippen LogP contribution in [-0.4, -0.2) is 6.04 Å². The summed E-state index contributed by atoms with van der Waals surface area (Å²) in [6, 6.07) is 10.5. The summed E-state index contributed by atoms with van der Waals surface area (Å²) in [5.41, 5.74) is 3.25. The molecule has 0 saturated heterocycles. The predicted molar refractivity (Wildman–Crippen MR) is 67.5 cm³/mol. The van der Waals surface area contributed by atoms with Gasteiger partial charge in [-0.25, -0.2) is 0 Å². The van der Waals surface area contributed by atoms with Gasteiger partial charge in [0.15, 0.2) is 0 Å². The first-order valence-electron chi connectivity index (χ1n) is 5.31. The van der Waals surface area contributed by atoms with E-state index in [1.807, 2.05) is 25.1 Å². The Hall–Kier alpha value is -1.50. The van der Waals surface area contributed by atoms with E-state index in [4.69, 9.17) is 0 Å². The minimum absolute atomic E-state index is 0.317. The average molecular weight is 201 g/mol. The monoisotopic (exact) mass is 201 g/mol. The highest BCUT2D eigenvalue weighted by Crippen LogP contribution is 2.12. The third kappa shape index (κ3) is 3.28. The van der Waals surface area contributed by atoms with E-state index in [1.54, 1.807) is 0 Å². The van der Waals surface area contributed by atoms with Crippen molar-refractivity contribution in [3.8, 4) is 0 Å². The van der Waals surface area contributed by atoms with Crippen molar-refractivity contribution in [3.05, 3.63) is 54.6 Å². The molecule has 0 amide bonds. The molecule has 0 saturated carbocycles. The van der Waals surface area contributed by atoms with E-state index in [0.29, 0.717) is 6.04 Å². The molecule has 1 N–H and O–H groups in total. The molecule has 0 radical (unpaired) electrons. The summed E-state index contributed by atoms with van der Waals surface area (Å²) in [6.07, 6.45) is 1.03. The Balaban J connectivity index is 2.67. The van der Waals surface area contributed by atoms with E-state index in [2.05, 4.69) is 37.5 Å². The lowest BCUT2D eigenvalue weighted by Gasteiger charge is -2.20. The Kier molecular flexibility index (Phi) is 4.17. The molecule has 0 aliphatic heterocycles. The highest BCUT2D eigenvalue weighted by molar-refractivity contribution is 5.61. The van der Waals surface area contributed by atoms with Crippen LogP contribution in [0.2, 0.25) is 0 Å². The number of hydrogen-bond donors (Lipinski definition) is 1. The van der Waals surface area contributed by atoms with Crippen LogP contribution in [0, 0.1) is 0 Å². The molecule has 1 unspecified atom stereocenters. The van der Waals surface area contributed by atoms with E-state index >= 15 is 0 Å². The summed E-state index contributed by atoms with van der Waals surface area (Å²) in [5.74, 6) is 0. The first kappa shape index (κ1) is 11.6. The van der Waals surface area contributed by atoms with Crippen molar-refractivity contribution >= 4 is 5.70 Å². The van der Waals surface area contributed by atoms with Gasteiger partial charge in [-0.15, -0.1) is 0 Å². The molecular weight excluding hydrogens is 182 g/mol. The fraction of sp³-hybridized carbons (Fsp3) is 0.286. The summed E-state index contributed by atoms with van der Waals surface area (Å²) in [6.45, 7) is 12.2. The zero-order valence-electron chi connectivity index (χ0n) is 9.59. The first-order valence-corrected chi connectivity index (χ1v) is 5.31. The third-order valence-corrected chi connectivity index (χ3v) is 2.47. The molecule has 0 heterocycles. The van der Waals surface area contributed by atoms with E-state index in [0.717, 1.165) is 23.3 Å². The molecule has 1 atom stereocenters. The standard InChI is InChI=1S/C14H19N/c1-5-14(11(2)3)15-12(4)13-9-7-6-8-10-13/h6-10,14-15H,2,4-5H2,1,3H3. The Morgan fingerprint density at radius 2 is 1.87 bits per heavy atom. The second kappa shape index (κ2) is 5.40. The minimum Gasteiger partial charge on any atom is -0.379 e. The van der Waals surface area contributed by atoms with E-state index in [9.17, 15) is 0 Å². The van der Waals surface area contributed by atoms with Crippen molar-refractivity contribution < 1.29 is 0 Å². The Labute approximate surface area is 92.5 Å². The van der Waals surface area contributed by atoms with Gasteiger partial charge in [0.25, 0.3) is 0 Å². The van der Waals surface area contributed by atoms with Gasteiger partial charge in [-0.1, -0.05) is 56.0 Å². The molecule has 0 fully saturated rings. The van der Waals surface area contributed by atoms with Gasteiger partial charge in [-0.05, 0) is 18.9 Å².